The van der Waals surface area contributed by atoms with Crippen LogP contribution in [-0.4, -0.2) is 4.98 Å². The maximum Gasteiger partial charge on any atom is 0.184 e. The molecule has 0 amide bonds. The maximum atomic E-state index is 12.8. The Kier molecular flexibility index (Phi) is 2.06. The molecule has 5 heteroatoms. The average Bonchev–Trinajstić information content (AvgIpc) is 2.29. The average molecular weight is 267 g/mol. The third kappa shape index (κ3) is 1.34. The lowest BCUT2D eigenvalue weighted by Crippen LogP contribution is -1.75. The highest BCUT2D eigenvalue weighted by molar-refractivity contribution is 9.10. The van der Waals surface area contributed by atoms with E-state index in [9.17, 15) is 4.39 Å². The molecule has 0 unspecified atom stereocenters. The van der Waals surface area contributed by atoms with E-state index in [1.54, 1.807) is 0 Å². The van der Waals surface area contributed by atoms with Crippen LogP contribution in [0.3, 0.4) is 0 Å². The van der Waals surface area contributed by atoms with Crippen molar-refractivity contribution < 1.29 is 4.39 Å². The second kappa shape index (κ2) is 2.94. The first kappa shape index (κ1) is 8.41. The predicted molar refractivity (Wildman–Crippen MR) is 52.3 cm³/mol. The van der Waals surface area contributed by atoms with Crippen molar-refractivity contribution in [2.45, 2.75) is 0 Å². The highest BCUT2D eigenvalue weighted by atomic mass is 79.9. The highest BCUT2D eigenvalue weighted by Gasteiger charge is 2.06. The second-order valence-electron chi connectivity index (χ2n) is 2.20. The van der Waals surface area contributed by atoms with E-state index < -0.39 is 0 Å². The molecule has 2 rings (SSSR count). The lowest BCUT2D eigenvalue weighted by Gasteiger charge is -1.91. The van der Waals surface area contributed by atoms with Crippen LogP contribution in [0.4, 0.5) is 4.39 Å². The SMILES string of the molecule is Fc1cc(Br)c2nc(Cl)sc2c1. The Labute approximate surface area is 85.3 Å². The highest BCUT2D eigenvalue weighted by Crippen LogP contribution is 2.31. The standard InChI is InChI=1S/C7H2BrClFNS/c8-4-1-3(10)2-5-6(4)11-7(9)12-5/h1-2H. The van der Waals surface area contributed by atoms with Gasteiger partial charge in [-0.15, -0.1) is 11.3 Å². The predicted octanol–water partition coefficient (Wildman–Crippen LogP) is 3.85. The number of nitrogens with zero attached hydrogens (tertiary/aromatic N) is 1. The van der Waals surface area contributed by atoms with Gasteiger partial charge in [0.15, 0.2) is 4.47 Å². The molecule has 0 radical (unpaired) electrons. The third-order valence-electron chi connectivity index (χ3n) is 1.39. The normalized spacial score (nSPS) is 10.9. The lowest BCUT2D eigenvalue weighted by atomic mass is 10.3. The fraction of sp³-hybridized carbons (Fsp3) is 0. The first-order valence-electron chi connectivity index (χ1n) is 3.08. The van der Waals surface area contributed by atoms with Crippen LogP contribution in [-0.2, 0) is 0 Å². The number of fused-ring (bicyclic) bond motifs is 1. The number of aromatic nitrogens is 1. The van der Waals surface area contributed by atoms with E-state index in [4.69, 9.17) is 11.6 Å². The molecule has 12 heavy (non-hydrogen) atoms. The van der Waals surface area contributed by atoms with E-state index in [2.05, 4.69) is 20.9 Å². The molecule has 0 fully saturated rings. The van der Waals surface area contributed by atoms with Crippen LogP contribution in [0.2, 0.25) is 4.47 Å². The van der Waals surface area contributed by atoms with Crippen LogP contribution >= 0.6 is 38.9 Å². The van der Waals surface area contributed by atoms with E-state index >= 15 is 0 Å². The zero-order chi connectivity index (χ0) is 8.72. The summed E-state index contributed by atoms with van der Waals surface area (Å²) in [6, 6.07) is 2.79. The molecular formula is C7H2BrClFNS. The van der Waals surface area contributed by atoms with Gasteiger partial charge in [0.05, 0.1) is 10.2 Å². The van der Waals surface area contributed by atoms with Gasteiger partial charge in [-0.2, -0.15) is 0 Å². The van der Waals surface area contributed by atoms with E-state index in [0.717, 1.165) is 4.70 Å². The fourth-order valence-corrected chi connectivity index (χ4v) is 2.66. The quantitative estimate of drug-likeness (QED) is 0.706. The van der Waals surface area contributed by atoms with Gasteiger partial charge in [-0.1, -0.05) is 11.6 Å². The summed E-state index contributed by atoms with van der Waals surface area (Å²) >= 11 is 10.1. The number of rotatable bonds is 0. The van der Waals surface area contributed by atoms with Crippen molar-refractivity contribution in [2.75, 3.05) is 0 Å². The van der Waals surface area contributed by atoms with E-state index in [1.807, 2.05) is 0 Å². The molecule has 0 bridgehead atoms. The summed E-state index contributed by atoms with van der Waals surface area (Å²) in [5, 5.41) is 0. The first-order chi connectivity index (χ1) is 5.66. The Morgan fingerprint density at radius 3 is 3.00 bits per heavy atom. The molecule has 0 saturated heterocycles. The van der Waals surface area contributed by atoms with E-state index in [0.29, 0.717) is 14.5 Å². The minimum absolute atomic E-state index is 0.283. The van der Waals surface area contributed by atoms with E-state index in [1.165, 1.54) is 23.5 Å². The van der Waals surface area contributed by atoms with Crippen molar-refractivity contribution in [3.63, 3.8) is 0 Å². The van der Waals surface area contributed by atoms with Gasteiger partial charge >= 0.3 is 0 Å². The number of benzene rings is 1. The Morgan fingerprint density at radius 1 is 1.50 bits per heavy atom. The Morgan fingerprint density at radius 2 is 2.25 bits per heavy atom. The van der Waals surface area contributed by atoms with Crippen molar-refractivity contribution >= 4 is 49.1 Å². The second-order valence-corrected chi connectivity index (χ2v) is 4.67. The largest absolute Gasteiger partial charge is 0.224 e. The van der Waals surface area contributed by atoms with Gasteiger partial charge in [-0.25, -0.2) is 9.37 Å². The third-order valence-corrected chi connectivity index (χ3v) is 3.10. The van der Waals surface area contributed by atoms with Crippen molar-refractivity contribution in [1.82, 2.24) is 4.98 Å². The van der Waals surface area contributed by atoms with Crippen molar-refractivity contribution in [3.05, 3.63) is 26.9 Å². The maximum absolute atomic E-state index is 12.8. The van der Waals surface area contributed by atoms with Gasteiger partial charge in [0.25, 0.3) is 0 Å². The molecule has 1 heterocycles. The molecule has 0 saturated carbocycles. The molecule has 0 spiro atoms. The molecule has 0 N–H and O–H groups in total. The fourth-order valence-electron chi connectivity index (χ4n) is 0.930. The summed E-state index contributed by atoms with van der Waals surface area (Å²) in [7, 11) is 0. The molecule has 0 atom stereocenters. The van der Waals surface area contributed by atoms with Crippen LogP contribution in [0.25, 0.3) is 10.2 Å². The van der Waals surface area contributed by atoms with Gasteiger partial charge < -0.3 is 0 Å². The van der Waals surface area contributed by atoms with Gasteiger partial charge in [0.2, 0.25) is 0 Å². The number of hydrogen-bond acceptors (Lipinski definition) is 2. The molecule has 1 aromatic heterocycles. The molecule has 1 nitrogen and oxygen atoms in total. The topological polar surface area (TPSA) is 12.9 Å². The minimum atomic E-state index is -0.283. The number of halogens is 3. The molecule has 0 aliphatic carbocycles. The van der Waals surface area contributed by atoms with E-state index in [-0.39, 0.29) is 5.82 Å². The van der Waals surface area contributed by atoms with Crippen LogP contribution in [0, 0.1) is 5.82 Å². The van der Waals surface area contributed by atoms with Gasteiger partial charge in [-0.05, 0) is 28.1 Å². The molecule has 0 aliphatic heterocycles. The van der Waals surface area contributed by atoms with Gasteiger partial charge in [0.1, 0.15) is 5.82 Å². The molecule has 62 valence electrons. The summed E-state index contributed by atoms with van der Waals surface area (Å²) in [4.78, 5) is 4.02. The van der Waals surface area contributed by atoms with Crippen molar-refractivity contribution in [3.8, 4) is 0 Å². The lowest BCUT2D eigenvalue weighted by molar-refractivity contribution is 0.629. The Bertz CT molecular complexity index is 442. The monoisotopic (exact) mass is 265 g/mol. The van der Waals surface area contributed by atoms with Gasteiger partial charge in [0, 0.05) is 4.47 Å². The number of thiazole rings is 1. The molecule has 2 aromatic rings. The zero-order valence-electron chi connectivity index (χ0n) is 5.64. The van der Waals surface area contributed by atoms with Gasteiger partial charge in [-0.3, -0.25) is 0 Å². The molecule has 1 aromatic carbocycles. The smallest absolute Gasteiger partial charge is 0.184 e. The van der Waals surface area contributed by atoms with Crippen molar-refractivity contribution in [1.29, 1.82) is 0 Å². The Balaban J connectivity index is 2.88. The summed E-state index contributed by atoms with van der Waals surface area (Å²) in [6.07, 6.45) is 0. The molecular weight excluding hydrogens is 265 g/mol. The van der Waals surface area contributed by atoms with Crippen LogP contribution < -0.4 is 0 Å². The van der Waals surface area contributed by atoms with Crippen molar-refractivity contribution in [2.24, 2.45) is 0 Å². The number of hydrogen-bond donors (Lipinski definition) is 0. The summed E-state index contributed by atoms with van der Waals surface area (Å²) in [5.41, 5.74) is 0.714. The molecule has 0 aliphatic rings. The van der Waals surface area contributed by atoms with Crippen LogP contribution in [0.5, 0.6) is 0 Å². The summed E-state index contributed by atoms with van der Waals surface area (Å²) < 4.78 is 14.6. The Hall–Kier alpha value is -0.190. The first-order valence-corrected chi connectivity index (χ1v) is 5.06. The summed E-state index contributed by atoms with van der Waals surface area (Å²) in [6.45, 7) is 0. The van der Waals surface area contributed by atoms with Crippen LogP contribution in [0.1, 0.15) is 0 Å². The minimum Gasteiger partial charge on any atom is -0.224 e. The summed E-state index contributed by atoms with van der Waals surface area (Å²) in [5.74, 6) is -0.283. The van der Waals surface area contributed by atoms with Crippen LogP contribution in [0.15, 0.2) is 16.6 Å². The zero-order valence-corrected chi connectivity index (χ0v) is 8.80.